The van der Waals surface area contributed by atoms with E-state index in [2.05, 4.69) is 15.8 Å². The molecule has 0 saturated carbocycles. The molecule has 2 aromatic rings. The number of para-hydroxylation sites is 1. The highest BCUT2D eigenvalue weighted by Crippen LogP contribution is 2.15. The highest BCUT2D eigenvalue weighted by atomic mass is 35.5. The first-order chi connectivity index (χ1) is 9.65. The van der Waals surface area contributed by atoms with Crippen LogP contribution in [0.25, 0.3) is 0 Å². The molecule has 3 nitrogen and oxygen atoms in total. The van der Waals surface area contributed by atoms with Crippen LogP contribution in [0.3, 0.4) is 0 Å². The van der Waals surface area contributed by atoms with Crippen molar-refractivity contribution in [2.45, 2.75) is 0 Å². The number of rotatable bonds is 3. The fourth-order valence-electron chi connectivity index (χ4n) is 1.45. The van der Waals surface area contributed by atoms with Gasteiger partial charge in [0.15, 0.2) is 5.11 Å². The number of hydrogen-bond donors (Lipinski definition) is 2. The number of anilines is 1. The van der Waals surface area contributed by atoms with Crippen molar-refractivity contribution in [3.8, 4) is 0 Å². The molecule has 0 bridgehead atoms. The zero-order valence-electron chi connectivity index (χ0n) is 10.3. The lowest BCUT2D eigenvalue weighted by Gasteiger charge is -2.06. The molecular formula is C14H11ClFN3S. The number of hydrogen-bond acceptors (Lipinski definition) is 2. The van der Waals surface area contributed by atoms with E-state index in [1.165, 1.54) is 24.4 Å². The third-order valence-electron chi connectivity index (χ3n) is 2.36. The van der Waals surface area contributed by atoms with Crippen molar-refractivity contribution >= 4 is 40.8 Å². The minimum Gasteiger partial charge on any atom is -0.331 e. The molecule has 20 heavy (non-hydrogen) atoms. The lowest BCUT2D eigenvalue weighted by Crippen LogP contribution is -2.23. The Balaban J connectivity index is 1.91. The molecular weight excluding hydrogens is 297 g/mol. The van der Waals surface area contributed by atoms with Crippen LogP contribution in [-0.4, -0.2) is 11.3 Å². The smallest absolute Gasteiger partial charge is 0.191 e. The molecule has 0 radical (unpaired) electrons. The van der Waals surface area contributed by atoms with Crippen molar-refractivity contribution in [2.24, 2.45) is 5.10 Å². The first kappa shape index (κ1) is 14.4. The Kier molecular flexibility index (Phi) is 5.03. The van der Waals surface area contributed by atoms with Gasteiger partial charge in [-0.25, -0.2) is 4.39 Å². The minimum atomic E-state index is -0.388. The first-order valence-electron chi connectivity index (χ1n) is 5.75. The molecule has 2 aromatic carbocycles. The fraction of sp³-hybridized carbons (Fsp3) is 0. The van der Waals surface area contributed by atoms with E-state index >= 15 is 0 Å². The SMILES string of the molecule is Fc1ccc(C=NNC(=S)Nc2ccccc2)c(Cl)c1. The molecule has 0 unspecified atom stereocenters. The topological polar surface area (TPSA) is 36.4 Å². The van der Waals surface area contributed by atoms with Crippen LogP contribution in [0.2, 0.25) is 5.02 Å². The molecule has 6 heteroatoms. The summed E-state index contributed by atoms with van der Waals surface area (Å²) < 4.78 is 12.9. The highest BCUT2D eigenvalue weighted by molar-refractivity contribution is 7.80. The van der Waals surface area contributed by atoms with Gasteiger partial charge in [-0.15, -0.1) is 0 Å². The maximum absolute atomic E-state index is 12.9. The molecule has 0 atom stereocenters. The van der Waals surface area contributed by atoms with E-state index in [1.54, 1.807) is 0 Å². The predicted octanol–water partition coefficient (Wildman–Crippen LogP) is 3.80. The number of hydrazone groups is 1. The van der Waals surface area contributed by atoms with Crippen molar-refractivity contribution in [2.75, 3.05) is 5.32 Å². The maximum Gasteiger partial charge on any atom is 0.191 e. The van der Waals surface area contributed by atoms with Gasteiger partial charge >= 0.3 is 0 Å². The Morgan fingerprint density at radius 1 is 1.20 bits per heavy atom. The number of halogens is 2. The second kappa shape index (κ2) is 6.98. The van der Waals surface area contributed by atoms with Crippen LogP contribution in [0, 0.1) is 5.82 Å². The standard InChI is InChI=1S/C14H11ClFN3S/c15-13-8-11(16)7-6-10(13)9-17-19-14(20)18-12-4-2-1-3-5-12/h1-9H,(H2,18,19,20). The summed E-state index contributed by atoms with van der Waals surface area (Å²) in [5.41, 5.74) is 4.12. The Morgan fingerprint density at radius 3 is 2.65 bits per heavy atom. The predicted molar refractivity (Wildman–Crippen MR) is 84.8 cm³/mol. The van der Waals surface area contributed by atoms with Crippen molar-refractivity contribution < 1.29 is 4.39 Å². The minimum absolute atomic E-state index is 0.289. The third kappa shape index (κ3) is 4.29. The zero-order chi connectivity index (χ0) is 14.4. The van der Waals surface area contributed by atoms with E-state index in [0.717, 1.165) is 5.69 Å². The molecule has 0 aliphatic carbocycles. The van der Waals surface area contributed by atoms with Gasteiger partial charge in [-0.3, -0.25) is 5.43 Å². The van der Waals surface area contributed by atoms with Gasteiger partial charge in [0.25, 0.3) is 0 Å². The van der Waals surface area contributed by atoms with Crippen LogP contribution in [0.4, 0.5) is 10.1 Å². The van der Waals surface area contributed by atoms with Crippen LogP contribution in [0.1, 0.15) is 5.56 Å². The maximum atomic E-state index is 12.9. The zero-order valence-corrected chi connectivity index (χ0v) is 11.9. The van der Waals surface area contributed by atoms with E-state index in [-0.39, 0.29) is 10.8 Å². The second-order valence-corrected chi connectivity index (χ2v) is 4.67. The Hall–Kier alpha value is -1.98. The van der Waals surface area contributed by atoms with E-state index in [1.807, 2.05) is 30.3 Å². The van der Waals surface area contributed by atoms with Gasteiger partial charge in [0.05, 0.1) is 11.2 Å². The van der Waals surface area contributed by atoms with Crippen LogP contribution in [-0.2, 0) is 0 Å². The number of nitrogens with zero attached hydrogens (tertiary/aromatic N) is 1. The molecule has 0 aromatic heterocycles. The summed E-state index contributed by atoms with van der Waals surface area (Å²) in [7, 11) is 0. The summed E-state index contributed by atoms with van der Waals surface area (Å²) in [4.78, 5) is 0. The second-order valence-electron chi connectivity index (χ2n) is 3.86. The van der Waals surface area contributed by atoms with Gasteiger partial charge in [0.1, 0.15) is 5.82 Å². The molecule has 0 heterocycles. The molecule has 0 aliphatic heterocycles. The summed E-state index contributed by atoms with van der Waals surface area (Å²) in [5.74, 6) is -0.388. The van der Waals surface area contributed by atoms with Crippen molar-refractivity contribution in [3.63, 3.8) is 0 Å². The summed E-state index contributed by atoms with van der Waals surface area (Å²) in [6, 6.07) is 13.5. The lowest BCUT2D eigenvalue weighted by molar-refractivity contribution is 0.628. The van der Waals surface area contributed by atoms with Crippen LogP contribution in [0.5, 0.6) is 0 Å². The van der Waals surface area contributed by atoms with Crippen molar-refractivity contribution in [1.29, 1.82) is 0 Å². The molecule has 0 amide bonds. The quantitative estimate of drug-likeness (QED) is 0.514. The molecule has 0 fully saturated rings. The van der Waals surface area contributed by atoms with Gasteiger partial charge < -0.3 is 5.32 Å². The fourth-order valence-corrected chi connectivity index (χ4v) is 1.83. The monoisotopic (exact) mass is 307 g/mol. The molecule has 102 valence electrons. The van der Waals surface area contributed by atoms with Crippen LogP contribution >= 0.6 is 23.8 Å². The summed E-state index contributed by atoms with van der Waals surface area (Å²) >= 11 is 10.9. The molecule has 2 N–H and O–H groups in total. The van der Waals surface area contributed by atoms with Gasteiger partial charge in [0, 0.05) is 11.3 Å². The molecule has 0 saturated heterocycles. The summed E-state index contributed by atoms with van der Waals surface area (Å²) in [5, 5.41) is 7.55. The Morgan fingerprint density at radius 2 is 1.95 bits per heavy atom. The van der Waals surface area contributed by atoms with E-state index in [4.69, 9.17) is 23.8 Å². The summed E-state index contributed by atoms with van der Waals surface area (Å²) in [6.45, 7) is 0. The Bertz CT molecular complexity index is 632. The van der Waals surface area contributed by atoms with Gasteiger partial charge in [-0.05, 0) is 42.5 Å². The first-order valence-corrected chi connectivity index (χ1v) is 6.54. The summed E-state index contributed by atoms with van der Waals surface area (Å²) in [6.07, 6.45) is 1.47. The van der Waals surface area contributed by atoms with E-state index < -0.39 is 0 Å². The van der Waals surface area contributed by atoms with Crippen LogP contribution < -0.4 is 10.7 Å². The van der Waals surface area contributed by atoms with E-state index in [9.17, 15) is 4.39 Å². The van der Waals surface area contributed by atoms with Crippen molar-refractivity contribution in [3.05, 3.63) is 64.9 Å². The molecule has 0 aliphatic rings. The lowest BCUT2D eigenvalue weighted by atomic mass is 10.2. The van der Waals surface area contributed by atoms with Crippen LogP contribution in [0.15, 0.2) is 53.6 Å². The van der Waals surface area contributed by atoms with Crippen molar-refractivity contribution in [1.82, 2.24) is 5.43 Å². The highest BCUT2D eigenvalue weighted by Gasteiger charge is 1.99. The van der Waals surface area contributed by atoms with Gasteiger partial charge in [0.2, 0.25) is 0 Å². The third-order valence-corrected chi connectivity index (χ3v) is 2.88. The van der Waals surface area contributed by atoms with Gasteiger partial charge in [-0.1, -0.05) is 29.8 Å². The van der Waals surface area contributed by atoms with E-state index in [0.29, 0.717) is 10.7 Å². The van der Waals surface area contributed by atoms with Gasteiger partial charge in [-0.2, -0.15) is 5.10 Å². The average Bonchev–Trinajstić information content (AvgIpc) is 2.42. The number of thiocarbonyl (C=S) groups is 1. The number of benzene rings is 2. The molecule has 0 spiro atoms. The normalized spacial score (nSPS) is 10.5. The Labute approximate surface area is 126 Å². The largest absolute Gasteiger partial charge is 0.331 e. The average molecular weight is 308 g/mol. The molecule has 2 rings (SSSR count). The number of nitrogens with one attached hydrogen (secondary N) is 2.